The molecule has 1 saturated heterocycles. The van der Waals surface area contributed by atoms with Crippen LogP contribution < -0.4 is 10.5 Å². The van der Waals surface area contributed by atoms with E-state index in [0.717, 1.165) is 31.9 Å². The van der Waals surface area contributed by atoms with Gasteiger partial charge in [0, 0.05) is 45.3 Å². The highest BCUT2D eigenvalue weighted by molar-refractivity contribution is 5.77. The summed E-state index contributed by atoms with van der Waals surface area (Å²) in [7, 11) is 0. The van der Waals surface area contributed by atoms with Crippen LogP contribution in [0.15, 0.2) is 59.8 Å². The van der Waals surface area contributed by atoms with Crippen LogP contribution in [0.4, 0.5) is 5.82 Å². The number of amides is 1. The summed E-state index contributed by atoms with van der Waals surface area (Å²) in [5.41, 5.74) is 0.577. The molecule has 0 spiro atoms. The number of hydrogen-bond acceptors (Lipinski definition) is 5. The van der Waals surface area contributed by atoms with Crippen molar-refractivity contribution in [3.05, 3.63) is 65.3 Å². The molecule has 1 aliphatic rings. The minimum Gasteiger partial charge on any atom is -0.355 e. The number of rotatable bonds is 4. The van der Waals surface area contributed by atoms with Gasteiger partial charge in [-0.2, -0.15) is 0 Å². The smallest absolute Gasteiger partial charge is 0.261 e. The van der Waals surface area contributed by atoms with Gasteiger partial charge < -0.3 is 9.80 Å². The van der Waals surface area contributed by atoms with E-state index >= 15 is 0 Å². The summed E-state index contributed by atoms with van der Waals surface area (Å²) in [6, 6.07) is 13.1. The zero-order valence-electron chi connectivity index (χ0n) is 15.7. The molecule has 7 heteroatoms. The lowest BCUT2D eigenvalue weighted by Gasteiger charge is -2.23. The fourth-order valence-corrected chi connectivity index (χ4v) is 3.58. The van der Waals surface area contributed by atoms with Gasteiger partial charge in [-0.05, 0) is 30.7 Å². The summed E-state index contributed by atoms with van der Waals surface area (Å²) in [5.74, 6) is 1.02. The number of carbonyl (C=O) groups excluding carboxylic acids is 1. The van der Waals surface area contributed by atoms with Crippen LogP contribution in [0.2, 0.25) is 0 Å². The van der Waals surface area contributed by atoms with Crippen molar-refractivity contribution in [2.75, 3.05) is 31.1 Å². The first-order valence-electron chi connectivity index (χ1n) is 9.60. The number of pyridine rings is 1. The molecule has 3 heterocycles. The topological polar surface area (TPSA) is 71.3 Å². The van der Waals surface area contributed by atoms with Gasteiger partial charge in [0.2, 0.25) is 5.91 Å². The highest BCUT2D eigenvalue weighted by Crippen LogP contribution is 2.13. The summed E-state index contributed by atoms with van der Waals surface area (Å²) < 4.78 is 1.53. The van der Waals surface area contributed by atoms with E-state index in [1.807, 2.05) is 41.3 Å². The number of aromatic nitrogens is 3. The average Bonchev–Trinajstić information content (AvgIpc) is 3.00. The van der Waals surface area contributed by atoms with Gasteiger partial charge in [0.25, 0.3) is 5.56 Å². The Kier molecular flexibility index (Phi) is 5.32. The molecule has 144 valence electrons. The Morgan fingerprint density at radius 3 is 2.68 bits per heavy atom. The van der Waals surface area contributed by atoms with Crippen LogP contribution in [0.25, 0.3) is 10.9 Å². The maximum atomic E-state index is 12.7. The molecule has 3 aromatic rings. The number of para-hydroxylation sites is 1. The van der Waals surface area contributed by atoms with Crippen molar-refractivity contribution >= 4 is 22.6 Å². The standard InChI is InChI=1S/C21H23N5O2/c27-20(9-13-26-16-23-18-7-2-1-6-17(18)21(26)28)25-12-5-11-24(14-15-25)19-8-3-4-10-22-19/h1-4,6-8,10,16H,5,9,11-15H2. The van der Waals surface area contributed by atoms with Gasteiger partial charge in [0.15, 0.2) is 0 Å². The maximum absolute atomic E-state index is 12.7. The molecule has 2 aromatic heterocycles. The molecule has 1 aliphatic heterocycles. The Morgan fingerprint density at radius 2 is 1.82 bits per heavy atom. The Morgan fingerprint density at radius 1 is 0.964 bits per heavy atom. The summed E-state index contributed by atoms with van der Waals surface area (Å²) in [5, 5.41) is 0.582. The van der Waals surface area contributed by atoms with E-state index in [2.05, 4.69) is 14.9 Å². The third-order valence-electron chi connectivity index (χ3n) is 5.12. The van der Waals surface area contributed by atoms with Gasteiger partial charge in [-0.15, -0.1) is 0 Å². The molecule has 28 heavy (non-hydrogen) atoms. The number of benzene rings is 1. The molecular formula is C21H23N5O2. The molecule has 0 aliphatic carbocycles. The van der Waals surface area contributed by atoms with Crippen LogP contribution in [-0.4, -0.2) is 51.5 Å². The Bertz CT molecular complexity index is 1020. The zero-order valence-corrected chi connectivity index (χ0v) is 15.7. The molecule has 7 nitrogen and oxygen atoms in total. The largest absolute Gasteiger partial charge is 0.355 e. The molecule has 1 fully saturated rings. The Balaban J connectivity index is 1.38. The third kappa shape index (κ3) is 3.88. The normalized spacial score (nSPS) is 14.9. The van der Waals surface area contributed by atoms with Gasteiger partial charge in [-0.25, -0.2) is 9.97 Å². The van der Waals surface area contributed by atoms with Crippen molar-refractivity contribution in [3.63, 3.8) is 0 Å². The lowest BCUT2D eigenvalue weighted by atomic mass is 10.2. The number of anilines is 1. The van der Waals surface area contributed by atoms with Crippen molar-refractivity contribution in [2.45, 2.75) is 19.4 Å². The van der Waals surface area contributed by atoms with Gasteiger partial charge in [-0.1, -0.05) is 18.2 Å². The number of carbonyl (C=O) groups is 1. The molecule has 0 unspecified atom stereocenters. The minimum atomic E-state index is -0.101. The highest BCUT2D eigenvalue weighted by Gasteiger charge is 2.19. The van der Waals surface area contributed by atoms with E-state index in [9.17, 15) is 9.59 Å². The fourth-order valence-electron chi connectivity index (χ4n) is 3.58. The number of aryl methyl sites for hydroxylation is 1. The maximum Gasteiger partial charge on any atom is 0.261 e. The molecule has 0 saturated carbocycles. The van der Waals surface area contributed by atoms with Crippen LogP contribution in [0, 0.1) is 0 Å². The highest BCUT2D eigenvalue weighted by atomic mass is 16.2. The second-order valence-corrected chi connectivity index (χ2v) is 6.92. The molecule has 1 aromatic carbocycles. The zero-order chi connectivity index (χ0) is 19.3. The van der Waals surface area contributed by atoms with Crippen LogP contribution in [0.1, 0.15) is 12.8 Å². The summed E-state index contributed by atoms with van der Waals surface area (Å²) in [6.45, 7) is 3.39. The molecule has 1 amide bonds. The lowest BCUT2D eigenvalue weighted by molar-refractivity contribution is -0.131. The number of hydrogen-bond donors (Lipinski definition) is 0. The SMILES string of the molecule is O=C(CCn1cnc2ccccc2c1=O)N1CCCN(c2ccccn2)CC1. The second kappa shape index (κ2) is 8.21. The van der Waals surface area contributed by atoms with E-state index in [1.54, 1.807) is 12.3 Å². The van der Waals surface area contributed by atoms with E-state index in [-0.39, 0.29) is 11.5 Å². The lowest BCUT2D eigenvalue weighted by Crippen LogP contribution is -2.36. The van der Waals surface area contributed by atoms with Crippen LogP contribution in [0.3, 0.4) is 0 Å². The van der Waals surface area contributed by atoms with Gasteiger partial charge >= 0.3 is 0 Å². The van der Waals surface area contributed by atoms with Crippen molar-refractivity contribution in [1.82, 2.24) is 19.4 Å². The molecule has 0 radical (unpaired) electrons. The summed E-state index contributed by atoms with van der Waals surface area (Å²) in [6.07, 6.45) is 4.52. The van der Waals surface area contributed by atoms with Gasteiger partial charge in [0.05, 0.1) is 17.2 Å². The summed E-state index contributed by atoms with van der Waals surface area (Å²) >= 11 is 0. The predicted molar refractivity (Wildman–Crippen MR) is 108 cm³/mol. The van der Waals surface area contributed by atoms with Crippen LogP contribution >= 0.6 is 0 Å². The van der Waals surface area contributed by atoms with Gasteiger partial charge in [-0.3, -0.25) is 14.2 Å². The molecule has 0 N–H and O–H groups in total. The van der Waals surface area contributed by atoms with Crippen LogP contribution in [-0.2, 0) is 11.3 Å². The monoisotopic (exact) mass is 377 g/mol. The third-order valence-corrected chi connectivity index (χ3v) is 5.12. The predicted octanol–water partition coefficient (Wildman–Crippen LogP) is 1.92. The quantitative estimate of drug-likeness (QED) is 0.695. The van der Waals surface area contributed by atoms with Crippen molar-refractivity contribution in [1.29, 1.82) is 0 Å². The van der Waals surface area contributed by atoms with Crippen molar-refractivity contribution in [2.24, 2.45) is 0 Å². The molecular weight excluding hydrogens is 354 g/mol. The van der Waals surface area contributed by atoms with E-state index in [0.29, 0.717) is 30.4 Å². The van der Waals surface area contributed by atoms with Crippen molar-refractivity contribution < 1.29 is 4.79 Å². The first-order chi connectivity index (χ1) is 13.7. The average molecular weight is 377 g/mol. The van der Waals surface area contributed by atoms with Crippen LogP contribution in [0.5, 0.6) is 0 Å². The minimum absolute atomic E-state index is 0.0722. The number of nitrogens with zero attached hydrogens (tertiary/aromatic N) is 5. The van der Waals surface area contributed by atoms with Crippen molar-refractivity contribution in [3.8, 4) is 0 Å². The Hall–Kier alpha value is -3.22. The van der Waals surface area contributed by atoms with Gasteiger partial charge in [0.1, 0.15) is 5.82 Å². The van der Waals surface area contributed by atoms with E-state index in [1.165, 1.54) is 10.9 Å². The summed E-state index contributed by atoms with van der Waals surface area (Å²) in [4.78, 5) is 38.1. The van der Waals surface area contributed by atoms with E-state index in [4.69, 9.17) is 0 Å². The fraction of sp³-hybridized carbons (Fsp3) is 0.333. The molecule has 0 atom stereocenters. The number of fused-ring (bicyclic) bond motifs is 1. The first kappa shape index (κ1) is 18.2. The second-order valence-electron chi connectivity index (χ2n) is 6.92. The molecule has 4 rings (SSSR count). The molecule has 0 bridgehead atoms. The first-order valence-corrected chi connectivity index (χ1v) is 9.60. The van der Waals surface area contributed by atoms with E-state index < -0.39 is 0 Å². The Labute approximate surface area is 163 Å².